The third-order valence-corrected chi connectivity index (χ3v) is 6.75. The van der Waals surface area contributed by atoms with E-state index in [9.17, 15) is 13.2 Å². The summed E-state index contributed by atoms with van der Waals surface area (Å²) in [4.78, 5) is 12.8. The van der Waals surface area contributed by atoms with E-state index in [1.54, 1.807) is 54.6 Å². The van der Waals surface area contributed by atoms with Gasteiger partial charge in [-0.2, -0.15) is 0 Å². The summed E-state index contributed by atoms with van der Waals surface area (Å²) in [6.07, 6.45) is -0.127. The van der Waals surface area contributed by atoms with E-state index in [2.05, 4.69) is 10.0 Å². The summed E-state index contributed by atoms with van der Waals surface area (Å²) < 4.78 is 28.4. The lowest BCUT2D eigenvalue weighted by molar-refractivity contribution is -0.116. The van der Waals surface area contributed by atoms with Crippen molar-refractivity contribution in [3.63, 3.8) is 0 Å². The fourth-order valence-corrected chi connectivity index (χ4v) is 4.44. The molecule has 0 unspecified atom stereocenters. The molecule has 0 aromatic heterocycles. The topological polar surface area (TPSA) is 75.3 Å². The van der Waals surface area contributed by atoms with E-state index < -0.39 is 22.0 Å². The molecule has 8 heteroatoms. The number of rotatable bonds is 7. The Morgan fingerprint density at radius 3 is 2.27 bits per heavy atom. The number of halogens is 2. The van der Waals surface area contributed by atoms with Gasteiger partial charge in [0.1, 0.15) is 0 Å². The Kier molecular flexibility index (Phi) is 7.15. The summed E-state index contributed by atoms with van der Waals surface area (Å²) in [7, 11) is -3.83. The molecule has 30 heavy (non-hydrogen) atoms. The lowest BCUT2D eigenvalue weighted by Crippen LogP contribution is -2.31. The van der Waals surface area contributed by atoms with Crippen LogP contribution in [0, 0.1) is 6.92 Å². The van der Waals surface area contributed by atoms with Crippen LogP contribution in [0.3, 0.4) is 0 Å². The van der Waals surface area contributed by atoms with E-state index >= 15 is 0 Å². The van der Waals surface area contributed by atoms with E-state index in [0.29, 0.717) is 16.3 Å². The minimum Gasteiger partial charge on any atom is -0.325 e. The Labute approximate surface area is 186 Å². The number of hydrogen-bond acceptors (Lipinski definition) is 3. The number of amides is 1. The van der Waals surface area contributed by atoms with Gasteiger partial charge in [-0.25, -0.2) is 13.1 Å². The van der Waals surface area contributed by atoms with Crippen molar-refractivity contribution in [2.45, 2.75) is 24.3 Å². The number of aryl methyl sites for hydroxylation is 1. The first kappa shape index (κ1) is 22.3. The molecule has 0 aliphatic heterocycles. The van der Waals surface area contributed by atoms with Crippen LogP contribution in [0.25, 0.3) is 0 Å². The van der Waals surface area contributed by atoms with Gasteiger partial charge in [0.15, 0.2) is 0 Å². The number of carbonyl (C=O) groups excluding carboxylic acids is 1. The van der Waals surface area contributed by atoms with E-state index in [1.807, 2.05) is 13.0 Å². The van der Waals surface area contributed by atoms with Crippen molar-refractivity contribution in [3.05, 3.63) is 94.0 Å². The zero-order valence-electron chi connectivity index (χ0n) is 16.1. The molecule has 0 aliphatic rings. The first-order chi connectivity index (χ1) is 14.3. The molecular weight excluding hydrogens is 443 g/mol. The van der Waals surface area contributed by atoms with Crippen molar-refractivity contribution in [2.24, 2.45) is 0 Å². The highest BCUT2D eigenvalue weighted by Gasteiger charge is 2.24. The van der Waals surface area contributed by atoms with Gasteiger partial charge in [0.2, 0.25) is 15.9 Å². The van der Waals surface area contributed by atoms with Crippen LogP contribution in [-0.4, -0.2) is 14.3 Å². The molecule has 0 aliphatic carbocycles. The van der Waals surface area contributed by atoms with Crippen molar-refractivity contribution >= 4 is 44.8 Å². The zero-order valence-corrected chi connectivity index (χ0v) is 18.4. The summed E-state index contributed by atoms with van der Waals surface area (Å²) in [6, 6.07) is 19.6. The molecule has 3 aromatic carbocycles. The van der Waals surface area contributed by atoms with Crippen LogP contribution in [0.5, 0.6) is 0 Å². The molecule has 3 aromatic rings. The first-order valence-corrected chi connectivity index (χ1v) is 11.4. The molecule has 2 N–H and O–H groups in total. The van der Waals surface area contributed by atoms with Gasteiger partial charge in [0.25, 0.3) is 0 Å². The summed E-state index contributed by atoms with van der Waals surface area (Å²) in [5.41, 5.74) is 1.98. The lowest BCUT2D eigenvalue weighted by atomic mass is 10.0. The maximum Gasteiger partial charge on any atom is 0.241 e. The van der Waals surface area contributed by atoms with E-state index in [-0.39, 0.29) is 16.3 Å². The summed E-state index contributed by atoms with van der Waals surface area (Å²) in [5.74, 6) is -0.403. The molecule has 0 saturated heterocycles. The normalized spacial score (nSPS) is 12.4. The minimum atomic E-state index is -3.83. The van der Waals surface area contributed by atoms with Gasteiger partial charge in [-0.15, -0.1) is 0 Å². The van der Waals surface area contributed by atoms with Gasteiger partial charge in [0, 0.05) is 6.42 Å². The summed E-state index contributed by atoms with van der Waals surface area (Å²) in [5, 5.41) is 3.23. The molecule has 0 saturated carbocycles. The molecule has 156 valence electrons. The average molecular weight is 463 g/mol. The second-order valence-electron chi connectivity index (χ2n) is 6.75. The molecule has 5 nitrogen and oxygen atoms in total. The highest BCUT2D eigenvalue weighted by molar-refractivity contribution is 7.89. The molecule has 0 heterocycles. The second-order valence-corrected chi connectivity index (χ2v) is 9.25. The average Bonchev–Trinajstić information content (AvgIpc) is 2.72. The number of nitrogens with one attached hydrogen (secondary N) is 2. The molecule has 1 atom stereocenters. The predicted molar refractivity (Wildman–Crippen MR) is 120 cm³/mol. The van der Waals surface area contributed by atoms with Crippen molar-refractivity contribution in [1.82, 2.24) is 4.72 Å². The van der Waals surface area contributed by atoms with Crippen LogP contribution in [0.1, 0.15) is 23.6 Å². The lowest BCUT2D eigenvalue weighted by Gasteiger charge is -2.19. The third kappa shape index (κ3) is 5.61. The van der Waals surface area contributed by atoms with Crippen molar-refractivity contribution < 1.29 is 13.2 Å². The van der Waals surface area contributed by atoms with Crippen molar-refractivity contribution in [2.75, 3.05) is 5.32 Å². The summed E-state index contributed by atoms with van der Waals surface area (Å²) >= 11 is 12.1. The molecule has 3 rings (SSSR count). The third-order valence-electron chi connectivity index (χ3n) is 4.45. The smallest absolute Gasteiger partial charge is 0.241 e. The van der Waals surface area contributed by atoms with Crippen molar-refractivity contribution in [3.8, 4) is 0 Å². The predicted octanol–water partition coefficient (Wildman–Crippen LogP) is 5.35. The Bertz CT molecular complexity index is 1130. The first-order valence-electron chi connectivity index (χ1n) is 9.14. The number of anilines is 1. The van der Waals surface area contributed by atoms with Crippen LogP contribution in [-0.2, 0) is 14.8 Å². The van der Waals surface area contributed by atoms with E-state index in [1.165, 1.54) is 12.1 Å². The second kappa shape index (κ2) is 9.62. The molecule has 0 bridgehead atoms. The highest BCUT2D eigenvalue weighted by Crippen LogP contribution is 2.30. The highest BCUT2D eigenvalue weighted by atomic mass is 35.5. The Hall–Kier alpha value is -2.38. The Morgan fingerprint density at radius 1 is 0.933 bits per heavy atom. The van der Waals surface area contributed by atoms with Gasteiger partial charge in [-0.3, -0.25) is 4.79 Å². The van der Waals surface area contributed by atoms with Gasteiger partial charge in [-0.05, 0) is 36.8 Å². The Balaban J connectivity index is 1.83. The van der Waals surface area contributed by atoms with Gasteiger partial charge < -0.3 is 5.32 Å². The monoisotopic (exact) mass is 462 g/mol. The maximum absolute atomic E-state index is 12.9. The number of hydrogen-bond donors (Lipinski definition) is 2. The van der Waals surface area contributed by atoms with Gasteiger partial charge >= 0.3 is 0 Å². The molecule has 0 spiro atoms. The van der Waals surface area contributed by atoms with Gasteiger partial charge in [-0.1, -0.05) is 77.3 Å². The van der Waals surface area contributed by atoms with E-state index in [4.69, 9.17) is 23.2 Å². The van der Waals surface area contributed by atoms with E-state index in [0.717, 1.165) is 5.56 Å². The van der Waals surface area contributed by atoms with Crippen LogP contribution in [0.15, 0.2) is 77.7 Å². The van der Waals surface area contributed by atoms with Crippen LogP contribution < -0.4 is 10.0 Å². The van der Waals surface area contributed by atoms with Crippen LogP contribution in [0.4, 0.5) is 5.69 Å². The standard InChI is InChI=1S/C22H20Cl2N2O3S/c1-15-10-12-17(13-11-15)30(28,29)26-20(16-6-3-2-4-7-16)14-21(27)25-19-9-5-8-18(23)22(19)24/h2-13,20,26H,14H2,1H3,(H,25,27)/t20-/m1/s1. The SMILES string of the molecule is Cc1ccc(S(=O)(=O)N[C@H](CC(=O)Nc2cccc(Cl)c2Cl)c2ccccc2)cc1. The number of benzene rings is 3. The molecule has 1 amide bonds. The molecular formula is C22H20Cl2N2O3S. The largest absolute Gasteiger partial charge is 0.325 e. The van der Waals surface area contributed by atoms with Gasteiger partial charge in [0.05, 0.1) is 26.7 Å². The fourth-order valence-electron chi connectivity index (χ4n) is 2.87. The molecule has 0 fully saturated rings. The fraction of sp³-hybridized carbons (Fsp3) is 0.136. The summed E-state index contributed by atoms with van der Waals surface area (Å²) in [6.45, 7) is 1.88. The quantitative estimate of drug-likeness (QED) is 0.496. The Morgan fingerprint density at radius 2 is 1.60 bits per heavy atom. The minimum absolute atomic E-state index is 0.127. The number of sulfonamides is 1. The zero-order chi connectivity index (χ0) is 21.7. The van der Waals surface area contributed by atoms with Crippen LogP contribution >= 0.6 is 23.2 Å². The number of carbonyl (C=O) groups is 1. The maximum atomic E-state index is 12.9. The van der Waals surface area contributed by atoms with Crippen LogP contribution in [0.2, 0.25) is 10.0 Å². The molecule has 0 radical (unpaired) electrons. The van der Waals surface area contributed by atoms with Crippen molar-refractivity contribution in [1.29, 1.82) is 0 Å².